The fraction of sp³-hybridized carbons (Fsp3) is 0.204. The molecular weight excluding hydrogens is 928 g/mol. The molecule has 10 aromatic rings. The number of hydrogen-bond acceptors (Lipinski definition) is 3. The van der Waals surface area contributed by atoms with Crippen molar-refractivity contribution < 1.29 is 21.1 Å². The van der Waals surface area contributed by atoms with Crippen molar-refractivity contribution in [1.29, 1.82) is 0 Å². The summed E-state index contributed by atoms with van der Waals surface area (Å²) in [5.41, 5.74) is 16.5. The number of hydrogen-bond donors (Lipinski definition) is 0. The van der Waals surface area contributed by atoms with Crippen LogP contribution in [0, 0.1) is 26.8 Å². The summed E-state index contributed by atoms with van der Waals surface area (Å²) in [5, 5.41) is 14.3. The van der Waals surface area contributed by atoms with Crippen LogP contribution in [0.5, 0.6) is 0 Å². The first-order valence-corrected chi connectivity index (χ1v) is 20.8. The van der Waals surface area contributed by atoms with E-state index in [-0.39, 0.29) is 31.9 Å². The first kappa shape index (κ1) is 40.3. The summed E-state index contributed by atoms with van der Waals surface area (Å²) >= 11 is 0. The number of rotatable bonds is 5. The van der Waals surface area contributed by atoms with Crippen molar-refractivity contribution in [1.82, 2.24) is 29.3 Å². The average Bonchev–Trinajstić information content (AvgIpc) is 3.90. The molecule has 0 N–H and O–H groups in total. The van der Waals surface area contributed by atoms with Gasteiger partial charge in [0.25, 0.3) is 0 Å². The third kappa shape index (κ3) is 6.73. The van der Waals surface area contributed by atoms with Crippen molar-refractivity contribution >= 4 is 43.7 Å². The van der Waals surface area contributed by atoms with Gasteiger partial charge in [-0.2, -0.15) is 6.07 Å². The zero-order valence-corrected chi connectivity index (χ0v) is 38.4. The summed E-state index contributed by atoms with van der Waals surface area (Å²) in [5.74, 6) is 0.873. The van der Waals surface area contributed by atoms with Crippen LogP contribution in [0.15, 0.2) is 128 Å². The Hall–Kier alpha value is -6.10. The second-order valence-corrected chi connectivity index (χ2v) is 18.4. The van der Waals surface area contributed by atoms with E-state index in [2.05, 4.69) is 193 Å². The molecule has 6 nitrogen and oxygen atoms in total. The average molecular weight is 976 g/mol. The molecule has 5 aromatic heterocycles. The maximum absolute atomic E-state index is 5.58. The largest absolute Gasteiger partial charge is 2.00 e. The van der Waals surface area contributed by atoms with E-state index in [1.54, 1.807) is 0 Å². The molecule has 61 heavy (non-hydrogen) atoms. The quantitative estimate of drug-likeness (QED) is 0.161. The third-order valence-electron chi connectivity index (χ3n) is 12.1. The molecule has 0 amide bonds. The van der Waals surface area contributed by atoms with E-state index < -0.39 is 0 Å². The molecule has 0 fully saturated rings. The maximum Gasteiger partial charge on any atom is 2.00 e. The molecule has 304 valence electrons. The van der Waals surface area contributed by atoms with E-state index in [0.29, 0.717) is 0 Å². The predicted molar refractivity (Wildman–Crippen MR) is 249 cm³/mol. The van der Waals surface area contributed by atoms with E-state index >= 15 is 0 Å². The zero-order valence-electron chi connectivity index (χ0n) is 36.1. The molecule has 0 saturated heterocycles. The van der Waals surface area contributed by atoms with Crippen molar-refractivity contribution in [3.63, 3.8) is 0 Å². The van der Waals surface area contributed by atoms with Crippen LogP contribution >= 0.6 is 0 Å². The Kier molecular flexibility index (Phi) is 9.79. The van der Waals surface area contributed by atoms with E-state index in [1.165, 1.54) is 27.8 Å². The Labute approximate surface area is 372 Å². The Bertz CT molecular complexity index is 3290. The van der Waals surface area contributed by atoms with Crippen LogP contribution in [0.4, 0.5) is 0 Å². The van der Waals surface area contributed by atoms with Crippen molar-refractivity contribution in [2.45, 2.75) is 73.1 Å². The van der Waals surface area contributed by atoms with Gasteiger partial charge in [-0.25, -0.2) is 9.97 Å². The minimum Gasteiger partial charge on any atom is -0.573 e. The van der Waals surface area contributed by atoms with Crippen molar-refractivity contribution in [3.05, 3.63) is 161 Å². The van der Waals surface area contributed by atoms with Gasteiger partial charge in [0.2, 0.25) is 0 Å². The molecule has 0 saturated carbocycles. The first-order chi connectivity index (χ1) is 28.8. The molecule has 0 spiro atoms. The molecule has 5 heterocycles. The molecule has 0 aliphatic rings. The topological polar surface area (TPSA) is 62.6 Å². The zero-order chi connectivity index (χ0) is 41.7. The van der Waals surface area contributed by atoms with Gasteiger partial charge in [0.1, 0.15) is 11.5 Å². The van der Waals surface area contributed by atoms with Crippen molar-refractivity contribution in [2.75, 3.05) is 0 Å². The van der Waals surface area contributed by atoms with Gasteiger partial charge in [0.05, 0.1) is 16.9 Å². The number of pyridine rings is 2. The summed E-state index contributed by atoms with van der Waals surface area (Å²) in [7, 11) is 0. The standard InChI is InChI=1S/C54H48N6.Pt/c1-32-27-33(2)48(34(3)28-32)49-50(35-15-11-10-12-16-35)57-58-51(49)43-23-22-41-42-29-36(53(4,5)6)19-24-45(42)59(52(41)56-43)38-20-21-40-39-17-13-14-18-44(39)60(46(40)31-38)47-30-37(25-26-55-47)54(7,8)9;/h10-30H,1-9H3;/q-2;+2. The molecule has 0 bridgehead atoms. The number of para-hydroxylation sites is 1. The van der Waals surface area contributed by atoms with Crippen LogP contribution in [0.3, 0.4) is 0 Å². The van der Waals surface area contributed by atoms with Gasteiger partial charge in [0, 0.05) is 22.5 Å². The van der Waals surface area contributed by atoms with E-state index in [0.717, 1.165) is 89.0 Å². The van der Waals surface area contributed by atoms with Gasteiger partial charge in [-0.15, -0.1) is 17.5 Å². The van der Waals surface area contributed by atoms with E-state index in [1.807, 2.05) is 12.3 Å². The fourth-order valence-corrected chi connectivity index (χ4v) is 9.09. The SMILES string of the molecule is Cc1cc(C)c(-c2c(-c3ccccc3)n[n-]c2-c2ccc3c4cc(C(C)(C)C)ccc4n(-c4[c-]c5c(cc4)c4ccccc4n5-c4cc(C(C)(C)C)ccn4)c3n2)c(C)c1.[Pt+2]. The molecule has 0 unspecified atom stereocenters. The Morgan fingerprint density at radius 3 is 2.00 bits per heavy atom. The van der Waals surface area contributed by atoms with Crippen LogP contribution in [0.2, 0.25) is 0 Å². The molecular formula is C54H48N6Pt. The van der Waals surface area contributed by atoms with Crippen LogP contribution < -0.4 is 5.10 Å². The minimum absolute atomic E-state index is 0. The number of aryl methyl sites for hydroxylation is 3. The Morgan fingerprint density at radius 2 is 1.26 bits per heavy atom. The van der Waals surface area contributed by atoms with Crippen LogP contribution in [-0.4, -0.2) is 24.2 Å². The number of fused-ring (bicyclic) bond motifs is 6. The third-order valence-corrected chi connectivity index (χ3v) is 12.1. The van der Waals surface area contributed by atoms with E-state index in [9.17, 15) is 0 Å². The molecule has 0 aliphatic heterocycles. The van der Waals surface area contributed by atoms with Crippen LogP contribution in [0.25, 0.3) is 89.0 Å². The van der Waals surface area contributed by atoms with Gasteiger partial charge in [-0.1, -0.05) is 131 Å². The number of benzene rings is 5. The Balaban J connectivity index is 0.00000476. The molecule has 7 heteroatoms. The Morgan fingerprint density at radius 1 is 0.590 bits per heavy atom. The summed E-state index contributed by atoms with van der Waals surface area (Å²) in [6, 6.07) is 47.3. The molecule has 5 aromatic carbocycles. The van der Waals surface area contributed by atoms with Gasteiger partial charge >= 0.3 is 21.1 Å². The van der Waals surface area contributed by atoms with Crippen molar-refractivity contribution in [3.8, 4) is 45.3 Å². The number of aromatic nitrogens is 6. The van der Waals surface area contributed by atoms with E-state index in [4.69, 9.17) is 20.2 Å². The van der Waals surface area contributed by atoms with Gasteiger partial charge < -0.3 is 19.3 Å². The predicted octanol–water partition coefficient (Wildman–Crippen LogP) is 13.3. The second-order valence-electron chi connectivity index (χ2n) is 18.4. The monoisotopic (exact) mass is 975 g/mol. The van der Waals surface area contributed by atoms with Crippen LogP contribution in [0.1, 0.15) is 69.4 Å². The molecule has 10 rings (SSSR count). The molecule has 0 radical (unpaired) electrons. The fourth-order valence-electron chi connectivity index (χ4n) is 9.09. The maximum atomic E-state index is 5.58. The first-order valence-electron chi connectivity index (χ1n) is 20.8. The second kappa shape index (κ2) is 14.8. The minimum atomic E-state index is -0.0338. The van der Waals surface area contributed by atoms with Gasteiger partial charge in [-0.05, 0) is 118 Å². The van der Waals surface area contributed by atoms with Gasteiger partial charge in [0.15, 0.2) is 0 Å². The summed E-state index contributed by atoms with van der Waals surface area (Å²) in [6.07, 6.45) is 1.93. The smallest absolute Gasteiger partial charge is 0.573 e. The van der Waals surface area contributed by atoms with Crippen molar-refractivity contribution in [2.24, 2.45) is 0 Å². The van der Waals surface area contributed by atoms with Gasteiger partial charge in [-0.3, -0.25) is 0 Å². The molecule has 0 atom stereocenters. The summed E-state index contributed by atoms with van der Waals surface area (Å²) in [6.45, 7) is 20.0. The normalized spacial score (nSPS) is 12.2. The molecule has 0 aliphatic carbocycles. The summed E-state index contributed by atoms with van der Waals surface area (Å²) < 4.78 is 4.54. The van der Waals surface area contributed by atoms with Crippen LogP contribution in [-0.2, 0) is 31.9 Å². The summed E-state index contributed by atoms with van der Waals surface area (Å²) in [4.78, 5) is 10.5. The number of nitrogens with zero attached hydrogens (tertiary/aromatic N) is 6.